The van der Waals surface area contributed by atoms with Gasteiger partial charge in [0.15, 0.2) is 0 Å². The number of anilines is 1. The Morgan fingerprint density at radius 2 is 1.88 bits per heavy atom. The van der Waals surface area contributed by atoms with Crippen molar-refractivity contribution in [1.82, 2.24) is 5.32 Å². The molecule has 1 aromatic rings. The van der Waals surface area contributed by atoms with Gasteiger partial charge >= 0.3 is 0 Å². The number of halogens is 1. The molecule has 1 aliphatic rings. The highest BCUT2D eigenvalue weighted by Gasteiger charge is 2.39. The second kappa shape index (κ2) is 9.99. The third-order valence-corrected chi connectivity index (χ3v) is 4.26. The smallest absolute Gasteiger partial charge is 0.233 e. The lowest BCUT2D eigenvalue weighted by Crippen LogP contribution is -2.47. The summed E-state index contributed by atoms with van der Waals surface area (Å²) < 4.78 is 10.9. The van der Waals surface area contributed by atoms with E-state index in [-0.39, 0.29) is 24.4 Å². The first-order valence-electron chi connectivity index (χ1n) is 8.27. The summed E-state index contributed by atoms with van der Waals surface area (Å²) in [6, 6.07) is 7.84. The number of methoxy groups -OCH3 is 1. The number of amides is 1. The highest BCUT2D eigenvalue weighted by molar-refractivity contribution is 5.95. The van der Waals surface area contributed by atoms with E-state index in [4.69, 9.17) is 9.47 Å². The molecule has 2 N–H and O–H groups in total. The lowest BCUT2D eigenvalue weighted by molar-refractivity contribution is -0.130. The van der Waals surface area contributed by atoms with E-state index in [1.165, 1.54) is 0 Å². The summed E-state index contributed by atoms with van der Waals surface area (Å²) in [6.07, 6.45) is 1.81. The van der Waals surface area contributed by atoms with Crippen LogP contribution in [0.15, 0.2) is 24.3 Å². The molecule has 0 spiro atoms. The van der Waals surface area contributed by atoms with Crippen molar-refractivity contribution < 1.29 is 14.3 Å². The van der Waals surface area contributed by atoms with Crippen molar-refractivity contribution in [3.05, 3.63) is 29.8 Å². The molecule has 1 aromatic carbocycles. The largest absolute Gasteiger partial charge is 0.384 e. The maximum absolute atomic E-state index is 12.7. The van der Waals surface area contributed by atoms with Crippen LogP contribution in [0.2, 0.25) is 0 Å². The highest BCUT2D eigenvalue weighted by atomic mass is 35.5. The number of carbonyl (C=O) groups is 1. The van der Waals surface area contributed by atoms with E-state index in [2.05, 4.69) is 10.6 Å². The number of ether oxygens (including phenoxy) is 2. The fourth-order valence-corrected chi connectivity index (χ4v) is 2.83. The molecule has 0 atom stereocenters. The molecule has 1 fully saturated rings. The molecule has 1 saturated heterocycles. The average Bonchev–Trinajstić information content (AvgIpc) is 2.55. The van der Waals surface area contributed by atoms with Gasteiger partial charge in [-0.2, -0.15) is 0 Å². The molecule has 0 unspecified atom stereocenters. The quantitative estimate of drug-likeness (QED) is 0.788. The van der Waals surface area contributed by atoms with Gasteiger partial charge in [-0.25, -0.2) is 0 Å². The molecule has 1 amide bonds. The zero-order valence-electron chi connectivity index (χ0n) is 14.8. The minimum absolute atomic E-state index is 0. The third kappa shape index (κ3) is 5.74. The van der Waals surface area contributed by atoms with Crippen LogP contribution in [0, 0.1) is 5.41 Å². The van der Waals surface area contributed by atoms with Crippen LogP contribution in [-0.2, 0) is 20.9 Å². The Morgan fingerprint density at radius 3 is 2.42 bits per heavy atom. The van der Waals surface area contributed by atoms with Crippen LogP contribution < -0.4 is 10.6 Å². The van der Waals surface area contributed by atoms with E-state index in [9.17, 15) is 4.79 Å². The summed E-state index contributed by atoms with van der Waals surface area (Å²) >= 11 is 0. The Labute approximate surface area is 150 Å². The van der Waals surface area contributed by atoms with E-state index >= 15 is 0 Å². The van der Waals surface area contributed by atoms with Crippen molar-refractivity contribution in [3.63, 3.8) is 0 Å². The molecule has 0 bridgehead atoms. The lowest BCUT2D eigenvalue weighted by Gasteiger charge is -2.35. The Kier molecular flexibility index (Phi) is 8.70. The van der Waals surface area contributed by atoms with E-state index < -0.39 is 5.41 Å². The highest BCUT2D eigenvalue weighted by Crippen LogP contribution is 2.31. The van der Waals surface area contributed by atoms with Gasteiger partial charge < -0.3 is 20.1 Å². The number of carbonyl (C=O) groups excluding carboxylic acids is 1. The average molecular weight is 357 g/mol. The van der Waals surface area contributed by atoms with Crippen LogP contribution in [-0.4, -0.2) is 38.8 Å². The summed E-state index contributed by atoms with van der Waals surface area (Å²) in [5, 5.41) is 6.34. The maximum Gasteiger partial charge on any atom is 0.233 e. The first kappa shape index (κ1) is 20.9. The minimum Gasteiger partial charge on any atom is -0.384 e. The summed E-state index contributed by atoms with van der Waals surface area (Å²) in [5.74, 6) is 0.0482. The van der Waals surface area contributed by atoms with E-state index in [0.29, 0.717) is 13.2 Å². The Bertz CT molecular complexity index is 494. The van der Waals surface area contributed by atoms with Crippen molar-refractivity contribution >= 4 is 24.0 Å². The second-order valence-corrected chi connectivity index (χ2v) is 6.47. The predicted octanol–water partition coefficient (Wildman–Crippen LogP) is 2.99. The first-order valence-corrected chi connectivity index (χ1v) is 8.27. The number of nitrogens with one attached hydrogen (secondary N) is 2. The van der Waals surface area contributed by atoms with Crippen LogP contribution in [0.5, 0.6) is 0 Å². The number of hydrogen-bond donors (Lipinski definition) is 2. The molecule has 136 valence electrons. The van der Waals surface area contributed by atoms with Gasteiger partial charge in [0.1, 0.15) is 0 Å². The van der Waals surface area contributed by atoms with Crippen LogP contribution in [0.1, 0.15) is 32.3 Å². The molecule has 0 radical (unpaired) electrons. The molecule has 24 heavy (non-hydrogen) atoms. The zero-order valence-corrected chi connectivity index (χ0v) is 15.6. The standard InChI is InChI=1S/C18H28N2O3.ClH/c1-14(2)23-12-15-4-6-16(7-5-15)20-17(21)18(13-22-3)8-10-19-11-9-18;/h4-7,14,19H,8-13H2,1-3H3,(H,20,21);1H. The molecule has 0 saturated carbocycles. The Morgan fingerprint density at radius 1 is 1.25 bits per heavy atom. The van der Waals surface area contributed by atoms with Crippen LogP contribution in [0.3, 0.4) is 0 Å². The molecule has 0 aliphatic carbocycles. The van der Waals surface area contributed by atoms with Crippen LogP contribution in [0.25, 0.3) is 0 Å². The SMILES string of the molecule is COCC1(C(=O)Nc2ccc(COC(C)C)cc2)CCNCC1.Cl. The molecule has 0 aromatic heterocycles. The topological polar surface area (TPSA) is 59.6 Å². The number of benzene rings is 1. The van der Waals surface area contributed by atoms with Crippen molar-refractivity contribution in [1.29, 1.82) is 0 Å². The normalized spacial score (nSPS) is 16.5. The number of rotatable bonds is 7. The monoisotopic (exact) mass is 356 g/mol. The maximum atomic E-state index is 12.7. The lowest BCUT2D eigenvalue weighted by atomic mass is 9.78. The van der Waals surface area contributed by atoms with E-state index in [1.54, 1.807) is 7.11 Å². The van der Waals surface area contributed by atoms with E-state index in [0.717, 1.165) is 37.2 Å². The minimum atomic E-state index is -0.431. The fraction of sp³-hybridized carbons (Fsp3) is 0.611. The van der Waals surface area contributed by atoms with Crippen molar-refractivity contribution in [2.45, 2.75) is 39.4 Å². The third-order valence-electron chi connectivity index (χ3n) is 4.26. The Hall–Kier alpha value is -1.14. The molecular formula is C18H29ClN2O3. The fourth-order valence-electron chi connectivity index (χ4n) is 2.83. The van der Waals surface area contributed by atoms with Gasteiger partial charge in [0.25, 0.3) is 0 Å². The predicted molar refractivity (Wildman–Crippen MR) is 98.7 cm³/mol. The number of hydrogen-bond acceptors (Lipinski definition) is 4. The first-order chi connectivity index (χ1) is 11.1. The molecule has 6 heteroatoms. The van der Waals surface area contributed by atoms with Gasteiger partial charge in [-0.05, 0) is 57.5 Å². The van der Waals surface area contributed by atoms with Gasteiger partial charge in [-0.15, -0.1) is 12.4 Å². The van der Waals surface area contributed by atoms with Gasteiger partial charge in [0, 0.05) is 12.8 Å². The van der Waals surface area contributed by atoms with Crippen LogP contribution in [0.4, 0.5) is 5.69 Å². The van der Waals surface area contributed by atoms with Crippen molar-refractivity contribution in [2.24, 2.45) is 5.41 Å². The molecule has 1 aliphatic heterocycles. The van der Waals surface area contributed by atoms with Crippen LogP contribution >= 0.6 is 12.4 Å². The molecule has 1 heterocycles. The van der Waals surface area contributed by atoms with Gasteiger partial charge in [0.05, 0.1) is 24.7 Å². The Balaban J connectivity index is 0.00000288. The second-order valence-electron chi connectivity index (χ2n) is 6.47. The zero-order chi connectivity index (χ0) is 16.7. The van der Waals surface area contributed by atoms with Gasteiger partial charge in [-0.1, -0.05) is 12.1 Å². The summed E-state index contributed by atoms with van der Waals surface area (Å²) in [5.41, 5.74) is 1.49. The van der Waals surface area contributed by atoms with Crippen molar-refractivity contribution in [3.8, 4) is 0 Å². The van der Waals surface area contributed by atoms with Gasteiger partial charge in [-0.3, -0.25) is 4.79 Å². The van der Waals surface area contributed by atoms with Crippen molar-refractivity contribution in [2.75, 3.05) is 32.1 Å². The van der Waals surface area contributed by atoms with E-state index in [1.807, 2.05) is 38.1 Å². The summed E-state index contributed by atoms with van der Waals surface area (Å²) in [6.45, 7) is 6.78. The molecule has 5 nitrogen and oxygen atoms in total. The summed E-state index contributed by atoms with van der Waals surface area (Å²) in [4.78, 5) is 12.7. The number of piperidine rings is 1. The summed E-state index contributed by atoms with van der Waals surface area (Å²) in [7, 11) is 1.65. The molecular weight excluding hydrogens is 328 g/mol. The van der Waals surface area contributed by atoms with Gasteiger partial charge in [0.2, 0.25) is 5.91 Å². The molecule has 2 rings (SSSR count).